The zero-order valence-electron chi connectivity index (χ0n) is 13.8. The number of guanidine groups is 1. The normalized spacial score (nSPS) is 11.5. The van der Waals surface area contributed by atoms with E-state index in [1.807, 2.05) is 24.3 Å². The molecule has 0 unspecified atom stereocenters. The number of aliphatic imine (C=N–C) groups is 1. The molecule has 0 aliphatic rings. The first-order chi connectivity index (χ1) is 10.5. The molecule has 1 rings (SSSR count). The number of nitrogens with one attached hydrogen (secondary N) is 2. The number of para-hydroxylation sites is 1. The second kappa shape index (κ2) is 11.5. The van der Waals surface area contributed by atoms with Crippen LogP contribution in [0, 0.1) is 0 Å². The molecule has 1 aromatic rings. The second-order valence-electron chi connectivity index (χ2n) is 4.72. The van der Waals surface area contributed by atoms with Gasteiger partial charge in [0.2, 0.25) is 0 Å². The molecule has 0 aliphatic carbocycles. The highest BCUT2D eigenvalue weighted by molar-refractivity contribution is 14.0. The molecule has 0 radical (unpaired) electrons. The Morgan fingerprint density at radius 1 is 1.22 bits per heavy atom. The average Bonchev–Trinajstić information content (AvgIpc) is 2.53. The number of ether oxygens (including phenoxy) is 1. The largest absolute Gasteiger partial charge is 0.496 e. The van der Waals surface area contributed by atoms with E-state index < -0.39 is 9.84 Å². The predicted molar refractivity (Wildman–Crippen MR) is 106 cm³/mol. The molecule has 0 atom stereocenters. The van der Waals surface area contributed by atoms with Crippen molar-refractivity contribution in [3.63, 3.8) is 0 Å². The van der Waals surface area contributed by atoms with Crippen molar-refractivity contribution in [1.29, 1.82) is 0 Å². The summed E-state index contributed by atoms with van der Waals surface area (Å²) >= 11 is 0. The first kappa shape index (κ1) is 22.0. The van der Waals surface area contributed by atoms with E-state index in [0.29, 0.717) is 19.0 Å². The van der Waals surface area contributed by atoms with Crippen LogP contribution in [0.5, 0.6) is 5.75 Å². The predicted octanol–water partition coefficient (Wildman–Crippen LogP) is 1.46. The lowest BCUT2D eigenvalue weighted by molar-refractivity contribution is 0.409. The van der Waals surface area contributed by atoms with Gasteiger partial charge in [-0.15, -0.1) is 24.0 Å². The van der Waals surface area contributed by atoms with E-state index in [0.717, 1.165) is 17.7 Å². The zero-order chi connectivity index (χ0) is 16.4. The number of nitrogens with zero attached hydrogens (tertiary/aromatic N) is 1. The molecule has 0 saturated carbocycles. The lowest BCUT2D eigenvalue weighted by atomic mass is 10.1. The monoisotopic (exact) mass is 455 g/mol. The van der Waals surface area contributed by atoms with Gasteiger partial charge in [-0.1, -0.05) is 25.1 Å². The number of halogens is 1. The fourth-order valence-electron chi connectivity index (χ4n) is 1.91. The Labute approximate surface area is 156 Å². The fourth-order valence-corrected chi connectivity index (χ4v) is 2.62. The van der Waals surface area contributed by atoms with Crippen LogP contribution in [-0.2, 0) is 16.3 Å². The third kappa shape index (κ3) is 8.40. The standard InChI is InChI=1S/C15H25N3O3S.HI/c1-4-22(19,20)12-11-18-15(16-2)17-10-9-13-7-5-6-8-14(13)21-3;/h5-8H,4,9-12H2,1-3H3,(H2,16,17,18);1H. The van der Waals surface area contributed by atoms with Crippen LogP contribution in [0.15, 0.2) is 29.3 Å². The Morgan fingerprint density at radius 3 is 2.48 bits per heavy atom. The number of hydrogen-bond donors (Lipinski definition) is 2. The summed E-state index contributed by atoms with van der Waals surface area (Å²) in [6.45, 7) is 2.68. The van der Waals surface area contributed by atoms with Crippen LogP contribution in [0.2, 0.25) is 0 Å². The van der Waals surface area contributed by atoms with Crippen molar-refractivity contribution in [1.82, 2.24) is 10.6 Å². The molecule has 0 saturated heterocycles. The number of benzene rings is 1. The zero-order valence-corrected chi connectivity index (χ0v) is 17.0. The molecule has 0 amide bonds. The summed E-state index contributed by atoms with van der Waals surface area (Å²) < 4.78 is 28.2. The van der Waals surface area contributed by atoms with Gasteiger partial charge in [0.15, 0.2) is 15.8 Å². The third-order valence-electron chi connectivity index (χ3n) is 3.25. The maximum Gasteiger partial charge on any atom is 0.191 e. The molecule has 0 spiro atoms. The van der Waals surface area contributed by atoms with Crippen molar-refractivity contribution < 1.29 is 13.2 Å². The van der Waals surface area contributed by atoms with Crippen molar-refractivity contribution >= 4 is 39.8 Å². The highest BCUT2D eigenvalue weighted by Gasteiger charge is 2.07. The minimum absolute atomic E-state index is 0. The molecule has 132 valence electrons. The van der Waals surface area contributed by atoms with Crippen LogP contribution < -0.4 is 15.4 Å². The van der Waals surface area contributed by atoms with Gasteiger partial charge < -0.3 is 15.4 Å². The van der Waals surface area contributed by atoms with Crippen LogP contribution in [0.4, 0.5) is 0 Å². The van der Waals surface area contributed by atoms with Crippen molar-refractivity contribution in [2.24, 2.45) is 4.99 Å². The van der Waals surface area contributed by atoms with Gasteiger partial charge in [-0.05, 0) is 18.1 Å². The van der Waals surface area contributed by atoms with Gasteiger partial charge in [-0.25, -0.2) is 8.42 Å². The Morgan fingerprint density at radius 2 is 1.87 bits per heavy atom. The summed E-state index contributed by atoms with van der Waals surface area (Å²) in [5.74, 6) is 1.73. The highest BCUT2D eigenvalue weighted by Crippen LogP contribution is 2.17. The number of hydrogen-bond acceptors (Lipinski definition) is 4. The minimum atomic E-state index is -2.96. The molecule has 0 aromatic heterocycles. The van der Waals surface area contributed by atoms with E-state index in [9.17, 15) is 8.42 Å². The van der Waals surface area contributed by atoms with Crippen molar-refractivity contribution in [3.05, 3.63) is 29.8 Å². The fraction of sp³-hybridized carbons (Fsp3) is 0.533. The molecule has 0 aliphatic heterocycles. The molecule has 23 heavy (non-hydrogen) atoms. The van der Waals surface area contributed by atoms with Crippen molar-refractivity contribution in [2.75, 3.05) is 38.8 Å². The molecular formula is C15H26IN3O3S. The SMILES string of the molecule is CCS(=O)(=O)CCNC(=NC)NCCc1ccccc1OC.I. The topological polar surface area (TPSA) is 79.8 Å². The Kier molecular flexibility index (Phi) is 11.0. The number of rotatable bonds is 8. The van der Waals surface area contributed by atoms with Gasteiger partial charge in [-0.3, -0.25) is 4.99 Å². The van der Waals surface area contributed by atoms with Crippen LogP contribution in [0.25, 0.3) is 0 Å². The molecule has 8 heteroatoms. The van der Waals surface area contributed by atoms with E-state index in [1.165, 1.54) is 0 Å². The average molecular weight is 455 g/mol. The number of sulfone groups is 1. The van der Waals surface area contributed by atoms with Gasteiger partial charge in [0.25, 0.3) is 0 Å². The van der Waals surface area contributed by atoms with Crippen molar-refractivity contribution in [2.45, 2.75) is 13.3 Å². The Balaban J connectivity index is 0.00000484. The smallest absolute Gasteiger partial charge is 0.191 e. The van der Waals surface area contributed by atoms with Crippen LogP contribution >= 0.6 is 24.0 Å². The van der Waals surface area contributed by atoms with Crippen LogP contribution in [-0.4, -0.2) is 53.1 Å². The van der Waals surface area contributed by atoms with Crippen molar-refractivity contribution in [3.8, 4) is 5.75 Å². The molecule has 0 heterocycles. The summed E-state index contributed by atoms with van der Waals surface area (Å²) in [4.78, 5) is 4.08. The van der Waals surface area contributed by atoms with Crippen LogP contribution in [0.3, 0.4) is 0 Å². The molecule has 2 N–H and O–H groups in total. The lowest BCUT2D eigenvalue weighted by Crippen LogP contribution is -2.40. The Bertz CT molecular complexity index is 591. The van der Waals surface area contributed by atoms with Crippen LogP contribution in [0.1, 0.15) is 12.5 Å². The molecular weight excluding hydrogens is 429 g/mol. The first-order valence-corrected chi connectivity index (χ1v) is 9.11. The van der Waals surface area contributed by atoms with Gasteiger partial charge >= 0.3 is 0 Å². The van der Waals surface area contributed by atoms with Gasteiger partial charge in [0.1, 0.15) is 5.75 Å². The molecule has 6 nitrogen and oxygen atoms in total. The summed E-state index contributed by atoms with van der Waals surface area (Å²) in [6.07, 6.45) is 0.790. The Hall–Kier alpha value is -1.03. The van der Waals surface area contributed by atoms with E-state index in [4.69, 9.17) is 4.74 Å². The summed E-state index contributed by atoms with van der Waals surface area (Å²) in [5.41, 5.74) is 1.11. The van der Waals surface area contributed by atoms with Gasteiger partial charge in [0, 0.05) is 25.9 Å². The maximum atomic E-state index is 11.4. The van der Waals surface area contributed by atoms with E-state index in [2.05, 4.69) is 15.6 Å². The van der Waals surface area contributed by atoms with E-state index >= 15 is 0 Å². The quantitative estimate of drug-likeness (QED) is 0.353. The summed E-state index contributed by atoms with van der Waals surface area (Å²) in [6, 6.07) is 7.85. The molecule has 0 bridgehead atoms. The third-order valence-corrected chi connectivity index (χ3v) is 4.95. The molecule has 1 aromatic carbocycles. The highest BCUT2D eigenvalue weighted by atomic mass is 127. The maximum absolute atomic E-state index is 11.4. The molecule has 0 fully saturated rings. The minimum Gasteiger partial charge on any atom is -0.496 e. The summed E-state index contributed by atoms with van der Waals surface area (Å²) in [5, 5.41) is 6.17. The number of methoxy groups -OCH3 is 1. The van der Waals surface area contributed by atoms with E-state index in [1.54, 1.807) is 21.1 Å². The van der Waals surface area contributed by atoms with Gasteiger partial charge in [-0.2, -0.15) is 0 Å². The van der Waals surface area contributed by atoms with E-state index in [-0.39, 0.29) is 35.5 Å². The first-order valence-electron chi connectivity index (χ1n) is 7.29. The summed E-state index contributed by atoms with van der Waals surface area (Å²) in [7, 11) is 0.355. The second-order valence-corrected chi connectivity index (χ2v) is 7.20. The van der Waals surface area contributed by atoms with Gasteiger partial charge in [0.05, 0.1) is 12.9 Å². The lowest BCUT2D eigenvalue weighted by Gasteiger charge is -2.13.